The summed E-state index contributed by atoms with van der Waals surface area (Å²) in [5, 5.41) is 7.50. The van der Waals surface area contributed by atoms with Crippen LogP contribution < -0.4 is 10.1 Å². The molecule has 0 radical (unpaired) electrons. The van der Waals surface area contributed by atoms with Gasteiger partial charge in [0.1, 0.15) is 11.3 Å². The molecule has 2 aromatic heterocycles. The molecule has 1 saturated heterocycles. The highest BCUT2D eigenvalue weighted by Gasteiger charge is 2.27. The number of carbonyl (C=O) groups is 1. The minimum Gasteiger partial charge on any atom is -0.496 e. The van der Waals surface area contributed by atoms with Crippen molar-refractivity contribution in [2.24, 2.45) is 0 Å². The van der Waals surface area contributed by atoms with E-state index < -0.39 is 0 Å². The van der Waals surface area contributed by atoms with E-state index in [0.29, 0.717) is 23.4 Å². The van der Waals surface area contributed by atoms with E-state index in [1.54, 1.807) is 30.1 Å². The second-order valence-electron chi connectivity index (χ2n) is 7.06. The molecule has 1 amide bonds. The van der Waals surface area contributed by atoms with Crippen molar-refractivity contribution in [3.63, 3.8) is 0 Å². The van der Waals surface area contributed by atoms with Gasteiger partial charge in [0.25, 0.3) is 5.91 Å². The number of amides is 1. The van der Waals surface area contributed by atoms with E-state index in [1.807, 2.05) is 25.1 Å². The average Bonchev–Trinajstić information content (AvgIpc) is 3.35. The van der Waals surface area contributed by atoms with Crippen LogP contribution in [0.1, 0.15) is 40.5 Å². The molecule has 1 aromatic carbocycles. The summed E-state index contributed by atoms with van der Waals surface area (Å²) in [5.74, 6) is 0.702. The maximum absolute atomic E-state index is 13.0. The topological polar surface area (TPSA) is 71.8 Å². The maximum Gasteiger partial charge on any atom is 0.257 e. The second-order valence-corrected chi connectivity index (χ2v) is 7.06. The Morgan fingerprint density at radius 1 is 1.25 bits per heavy atom. The van der Waals surface area contributed by atoms with Gasteiger partial charge in [-0.25, -0.2) is 9.50 Å². The normalized spacial score (nSPS) is 15.6. The van der Waals surface area contributed by atoms with Crippen molar-refractivity contribution >= 4 is 11.6 Å². The number of hydrogen-bond donors (Lipinski definition) is 1. The fourth-order valence-corrected chi connectivity index (χ4v) is 3.97. The van der Waals surface area contributed by atoms with Gasteiger partial charge in [0.2, 0.25) is 0 Å². The molecule has 1 atom stereocenters. The lowest BCUT2D eigenvalue weighted by Gasteiger charge is -2.29. The van der Waals surface area contributed by atoms with E-state index in [-0.39, 0.29) is 11.9 Å². The zero-order valence-electron chi connectivity index (χ0n) is 16.3. The summed E-state index contributed by atoms with van der Waals surface area (Å²) in [5.41, 5.74) is 2.88. The van der Waals surface area contributed by atoms with Crippen LogP contribution in [0.2, 0.25) is 0 Å². The summed E-state index contributed by atoms with van der Waals surface area (Å²) in [4.78, 5) is 19.7. The molecule has 0 bridgehead atoms. The maximum atomic E-state index is 13.0. The number of fused-ring (bicyclic) bond motifs is 1. The molecule has 0 aliphatic carbocycles. The van der Waals surface area contributed by atoms with Gasteiger partial charge < -0.3 is 10.1 Å². The first-order chi connectivity index (χ1) is 13.7. The largest absolute Gasteiger partial charge is 0.496 e. The molecule has 3 aromatic rings. The van der Waals surface area contributed by atoms with Crippen LogP contribution in [0.3, 0.4) is 0 Å². The third-order valence-electron chi connectivity index (χ3n) is 5.33. The van der Waals surface area contributed by atoms with Gasteiger partial charge in [0, 0.05) is 24.5 Å². The van der Waals surface area contributed by atoms with E-state index in [2.05, 4.69) is 26.4 Å². The summed E-state index contributed by atoms with van der Waals surface area (Å²) in [6, 6.07) is 9.90. The first kappa shape index (κ1) is 18.4. The SMILES string of the molecule is COc1ccccc1C(CNC(=O)c1c(C)nn2cccnc12)N1CCCC1. The van der Waals surface area contributed by atoms with Crippen LogP contribution in [-0.4, -0.2) is 52.1 Å². The van der Waals surface area contributed by atoms with Crippen molar-refractivity contribution in [2.75, 3.05) is 26.7 Å². The van der Waals surface area contributed by atoms with Crippen molar-refractivity contribution < 1.29 is 9.53 Å². The number of hydrogen-bond acceptors (Lipinski definition) is 5. The van der Waals surface area contributed by atoms with Gasteiger partial charge in [-0.05, 0) is 45.0 Å². The number of para-hydroxylation sites is 1. The van der Waals surface area contributed by atoms with E-state index in [0.717, 1.165) is 24.4 Å². The molecule has 1 aliphatic rings. The predicted octanol–water partition coefficient (Wildman–Crippen LogP) is 2.61. The number of aryl methyl sites for hydroxylation is 1. The van der Waals surface area contributed by atoms with Gasteiger partial charge in [0.05, 0.1) is 18.8 Å². The molecule has 7 heteroatoms. The minimum absolute atomic E-state index is 0.0673. The highest BCUT2D eigenvalue weighted by atomic mass is 16.5. The van der Waals surface area contributed by atoms with E-state index >= 15 is 0 Å². The molecule has 0 saturated carbocycles. The third kappa shape index (κ3) is 3.45. The number of ether oxygens (including phenoxy) is 1. The monoisotopic (exact) mass is 379 g/mol. The van der Waals surface area contributed by atoms with Gasteiger partial charge in [0.15, 0.2) is 5.65 Å². The molecular formula is C21H25N5O2. The molecule has 1 aliphatic heterocycles. The van der Waals surface area contributed by atoms with Crippen LogP contribution >= 0.6 is 0 Å². The average molecular weight is 379 g/mol. The Hall–Kier alpha value is -2.93. The number of nitrogens with one attached hydrogen (secondary N) is 1. The van der Waals surface area contributed by atoms with Gasteiger partial charge in [-0.2, -0.15) is 5.10 Å². The Balaban J connectivity index is 1.59. The molecule has 4 rings (SSSR count). The fraction of sp³-hybridized carbons (Fsp3) is 0.381. The number of likely N-dealkylation sites (tertiary alicyclic amines) is 1. The lowest BCUT2D eigenvalue weighted by Crippen LogP contribution is -2.37. The molecular weight excluding hydrogens is 354 g/mol. The number of rotatable bonds is 6. The summed E-state index contributed by atoms with van der Waals surface area (Å²) >= 11 is 0. The lowest BCUT2D eigenvalue weighted by molar-refractivity contribution is 0.0938. The first-order valence-corrected chi connectivity index (χ1v) is 9.64. The molecule has 28 heavy (non-hydrogen) atoms. The number of carbonyl (C=O) groups excluding carboxylic acids is 1. The number of benzene rings is 1. The minimum atomic E-state index is -0.148. The van der Waals surface area contributed by atoms with Crippen LogP contribution in [0.15, 0.2) is 42.7 Å². The quantitative estimate of drug-likeness (QED) is 0.713. The van der Waals surface area contributed by atoms with E-state index in [1.165, 1.54) is 12.8 Å². The summed E-state index contributed by atoms with van der Waals surface area (Å²) in [6.45, 7) is 4.39. The van der Waals surface area contributed by atoms with Crippen LogP contribution in [0.5, 0.6) is 5.75 Å². The van der Waals surface area contributed by atoms with E-state index in [9.17, 15) is 4.79 Å². The number of nitrogens with zero attached hydrogens (tertiary/aromatic N) is 4. The van der Waals surface area contributed by atoms with Crippen LogP contribution in [0.4, 0.5) is 0 Å². The van der Waals surface area contributed by atoms with Crippen LogP contribution in [0, 0.1) is 6.92 Å². The van der Waals surface area contributed by atoms with Crippen molar-refractivity contribution in [2.45, 2.75) is 25.8 Å². The molecule has 3 heterocycles. The van der Waals surface area contributed by atoms with Gasteiger partial charge in [-0.1, -0.05) is 18.2 Å². The fourth-order valence-electron chi connectivity index (χ4n) is 3.97. The van der Waals surface area contributed by atoms with Crippen molar-refractivity contribution in [3.05, 3.63) is 59.5 Å². The molecule has 1 unspecified atom stereocenters. The second kappa shape index (κ2) is 7.98. The summed E-state index contributed by atoms with van der Waals surface area (Å²) in [7, 11) is 1.69. The van der Waals surface area contributed by atoms with Crippen molar-refractivity contribution in [3.8, 4) is 5.75 Å². The van der Waals surface area contributed by atoms with Crippen LogP contribution in [0.25, 0.3) is 5.65 Å². The Morgan fingerprint density at radius 3 is 2.82 bits per heavy atom. The van der Waals surface area contributed by atoms with Crippen LogP contribution in [-0.2, 0) is 0 Å². The van der Waals surface area contributed by atoms with Gasteiger partial charge >= 0.3 is 0 Å². The van der Waals surface area contributed by atoms with Crippen molar-refractivity contribution in [1.82, 2.24) is 24.8 Å². The molecule has 7 nitrogen and oxygen atoms in total. The highest BCUT2D eigenvalue weighted by molar-refractivity contribution is 6.01. The standard InChI is InChI=1S/C21H25N5O2/c1-15-19(20-22-10-7-13-26(20)24-15)21(27)23-14-17(25-11-5-6-12-25)16-8-3-4-9-18(16)28-2/h3-4,7-10,13,17H,5-6,11-12,14H2,1-2H3,(H,23,27). The zero-order chi connectivity index (χ0) is 19.5. The van der Waals surface area contributed by atoms with Crippen molar-refractivity contribution in [1.29, 1.82) is 0 Å². The first-order valence-electron chi connectivity index (χ1n) is 9.64. The smallest absolute Gasteiger partial charge is 0.257 e. The van der Waals surface area contributed by atoms with E-state index in [4.69, 9.17) is 4.74 Å². The lowest BCUT2D eigenvalue weighted by atomic mass is 10.0. The third-order valence-corrected chi connectivity index (χ3v) is 5.33. The summed E-state index contributed by atoms with van der Waals surface area (Å²) < 4.78 is 7.22. The number of aromatic nitrogens is 3. The number of methoxy groups -OCH3 is 1. The predicted molar refractivity (Wildman–Crippen MR) is 107 cm³/mol. The Bertz CT molecular complexity index is 978. The molecule has 0 spiro atoms. The Kier molecular flexibility index (Phi) is 5.25. The molecule has 1 fully saturated rings. The highest BCUT2D eigenvalue weighted by Crippen LogP contribution is 2.31. The van der Waals surface area contributed by atoms with Gasteiger partial charge in [-0.3, -0.25) is 9.69 Å². The Labute approximate surface area is 164 Å². The molecule has 146 valence electrons. The Morgan fingerprint density at radius 2 is 2.04 bits per heavy atom. The summed E-state index contributed by atoms with van der Waals surface area (Å²) in [6.07, 6.45) is 5.83. The zero-order valence-corrected chi connectivity index (χ0v) is 16.3. The molecule has 1 N–H and O–H groups in total. The van der Waals surface area contributed by atoms with Gasteiger partial charge in [-0.15, -0.1) is 0 Å².